The summed E-state index contributed by atoms with van der Waals surface area (Å²) < 4.78 is 0. The lowest BCUT2D eigenvalue weighted by Gasteiger charge is -2.28. The van der Waals surface area contributed by atoms with Crippen LogP contribution in [0.5, 0.6) is 0 Å². The Labute approximate surface area is 534 Å². The van der Waals surface area contributed by atoms with Crippen LogP contribution in [0.4, 0.5) is 0 Å². The maximum atomic E-state index is 14.1. The molecule has 0 aliphatic rings. The predicted octanol–water partition coefficient (Wildman–Crippen LogP) is -5.46. The number of thioether (sulfide) groups is 1. The van der Waals surface area contributed by atoms with E-state index in [9.17, 15) is 77.0 Å². The van der Waals surface area contributed by atoms with Crippen LogP contribution in [0.1, 0.15) is 146 Å². The largest absolute Gasteiger partial charge is 0.480 e. The lowest BCUT2D eigenvalue weighted by atomic mass is 10.0. The molecule has 0 aromatic rings. The summed E-state index contributed by atoms with van der Waals surface area (Å²) in [7, 11) is 0. The molecule has 0 radical (unpaired) electrons. The zero-order valence-electron chi connectivity index (χ0n) is 53.7. The number of amides is 14. The van der Waals surface area contributed by atoms with Crippen LogP contribution in [0, 0.1) is 23.7 Å². The number of nitrogens with zero attached hydrogens (tertiary/aromatic N) is 1. The topological polar surface area (TPSA) is 591 Å². The van der Waals surface area contributed by atoms with E-state index in [1.165, 1.54) is 18.7 Å². The van der Waals surface area contributed by atoms with E-state index in [1.54, 1.807) is 47.8 Å². The van der Waals surface area contributed by atoms with Crippen molar-refractivity contribution < 1.29 is 77.0 Å². The van der Waals surface area contributed by atoms with Gasteiger partial charge in [-0.2, -0.15) is 11.8 Å². The number of rotatable bonds is 46. The van der Waals surface area contributed by atoms with Crippen molar-refractivity contribution >= 4 is 106 Å². The fraction of sp³-hybridized carbons (Fsp3) is 0.714. The minimum absolute atomic E-state index is 0.00376. The van der Waals surface area contributed by atoms with Gasteiger partial charge in [-0.05, 0) is 100 Å². The van der Waals surface area contributed by atoms with E-state index in [1.807, 2.05) is 13.8 Å². The molecule has 0 aromatic heterocycles. The number of aliphatic carboxylic acids is 1. The van der Waals surface area contributed by atoms with Crippen molar-refractivity contribution in [3.63, 3.8) is 0 Å². The highest BCUT2D eigenvalue weighted by molar-refractivity contribution is 7.98. The molecule has 0 fully saturated rings. The van der Waals surface area contributed by atoms with Crippen molar-refractivity contribution in [3.8, 4) is 0 Å². The van der Waals surface area contributed by atoms with Crippen molar-refractivity contribution in [2.45, 2.75) is 212 Å². The number of aliphatic imine (C=N–C) groups is 1. The van der Waals surface area contributed by atoms with E-state index in [0.717, 1.165) is 0 Å². The van der Waals surface area contributed by atoms with Crippen LogP contribution >= 0.6 is 11.8 Å². The molecule has 0 heterocycles. The zero-order chi connectivity index (χ0) is 70.0. The second-order valence-electron chi connectivity index (χ2n) is 23.8. The number of primary amides is 4. The van der Waals surface area contributed by atoms with Crippen LogP contribution in [0.2, 0.25) is 0 Å². The second-order valence-corrected chi connectivity index (χ2v) is 24.8. The third-order valence-corrected chi connectivity index (χ3v) is 14.0. The number of hydrogen-bond donors (Lipinski definition) is 18. The molecule has 0 bridgehead atoms. The molecule has 34 nitrogen and oxygen atoms in total. The summed E-state index contributed by atoms with van der Waals surface area (Å²) in [6.45, 7) is 15.1. The fourth-order valence-electron chi connectivity index (χ4n) is 8.78. The van der Waals surface area contributed by atoms with Gasteiger partial charge >= 0.3 is 5.97 Å². The van der Waals surface area contributed by atoms with Crippen LogP contribution in [0.15, 0.2) is 4.99 Å². The lowest BCUT2D eigenvalue weighted by molar-refractivity contribution is -0.142. The summed E-state index contributed by atoms with van der Waals surface area (Å²) in [4.78, 5) is 202. The van der Waals surface area contributed by atoms with Crippen LogP contribution in [-0.2, 0) is 71.9 Å². The number of hydrogen-bond acceptors (Lipinski definition) is 18. The number of carboxylic acids is 1. The predicted molar refractivity (Wildman–Crippen MR) is 336 cm³/mol. The van der Waals surface area contributed by atoms with Crippen molar-refractivity contribution in [2.75, 3.05) is 18.6 Å². The minimum atomic E-state index is -1.84. The number of carbonyl (C=O) groups excluding carboxylic acids is 14. The van der Waals surface area contributed by atoms with Gasteiger partial charge in [0.1, 0.15) is 60.4 Å². The van der Waals surface area contributed by atoms with Gasteiger partial charge in [0.25, 0.3) is 0 Å². The van der Waals surface area contributed by atoms with Crippen molar-refractivity contribution in [1.29, 1.82) is 0 Å². The van der Waals surface area contributed by atoms with E-state index < -0.39 is 168 Å². The van der Waals surface area contributed by atoms with Crippen LogP contribution in [-0.4, -0.2) is 185 Å². The SMILES string of the molecule is CSCC[C@H](NC(=O)[C@H](CC(C)C)NC(=O)[C@H](C)NC(=O)[C@H](CC(N)=O)NC(=O)[C@H](CC(C)C)NC(=O)[C@H](CC(N)=O)NC(=O)[C@H](CCCN=C(N)N)NC(=O)[C@H](CCC(N)=O)NC(=O)[C@@H](N)CC(C)C)C(=O)N[C@@H](CC(C)C)C(=O)N[C@@H](CCC(N)=O)C(=O)O. The molecule has 0 spiro atoms. The molecule has 0 aliphatic carbocycles. The molecule has 0 saturated heterocycles. The Kier molecular flexibility index (Phi) is 38.7. The summed E-state index contributed by atoms with van der Waals surface area (Å²) in [5.74, 6) is -15.7. The van der Waals surface area contributed by atoms with Gasteiger partial charge in [0.05, 0.1) is 18.9 Å². The summed E-state index contributed by atoms with van der Waals surface area (Å²) in [6.07, 6.45) is -1.36. The van der Waals surface area contributed by atoms with Crippen LogP contribution in [0.25, 0.3) is 0 Å². The third kappa shape index (κ3) is 35.6. The van der Waals surface area contributed by atoms with Crippen molar-refractivity contribution in [2.24, 2.45) is 68.8 Å². The Morgan fingerprint density at radius 1 is 0.374 bits per heavy atom. The molecule has 0 rings (SSSR count). The van der Waals surface area contributed by atoms with E-state index in [0.29, 0.717) is 5.75 Å². The van der Waals surface area contributed by atoms with Gasteiger partial charge in [-0.25, -0.2) is 4.79 Å². The first-order valence-electron chi connectivity index (χ1n) is 30.0. The van der Waals surface area contributed by atoms with Gasteiger partial charge in [0.2, 0.25) is 82.7 Å². The van der Waals surface area contributed by atoms with Crippen LogP contribution < -0.4 is 93.3 Å². The highest BCUT2D eigenvalue weighted by Crippen LogP contribution is 2.14. The number of carboxylic acid groups (broad SMARTS) is 1. The first-order valence-corrected chi connectivity index (χ1v) is 31.4. The van der Waals surface area contributed by atoms with Crippen molar-refractivity contribution in [3.05, 3.63) is 0 Å². The maximum Gasteiger partial charge on any atom is 0.326 e. The fourth-order valence-corrected chi connectivity index (χ4v) is 9.25. The monoisotopic (exact) mass is 1310 g/mol. The molecule has 0 aliphatic heterocycles. The van der Waals surface area contributed by atoms with Crippen LogP contribution in [0.3, 0.4) is 0 Å². The molecule has 0 unspecified atom stereocenters. The minimum Gasteiger partial charge on any atom is -0.480 e. The van der Waals surface area contributed by atoms with Gasteiger partial charge in [-0.3, -0.25) is 72.1 Å². The average Bonchev–Trinajstić information content (AvgIpc) is 2.13. The van der Waals surface area contributed by atoms with Gasteiger partial charge in [0.15, 0.2) is 5.96 Å². The molecule has 0 aromatic carbocycles. The summed E-state index contributed by atoms with van der Waals surface area (Å²) in [6, 6.07) is -16.2. The molecular formula is C56H100N18O16S. The Hall–Kier alpha value is -8.37. The first-order chi connectivity index (χ1) is 42.3. The molecule has 91 heavy (non-hydrogen) atoms. The molecule has 25 N–H and O–H groups in total. The number of nitrogens with one attached hydrogen (secondary N) is 10. The Morgan fingerprint density at radius 3 is 1.04 bits per heavy atom. The highest BCUT2D eigenvalue weighted by atomic mass is 32.2. The van der Waals surface area contributed by atoms with E-state index in [2.05, 4.69) is 58.2 Å². The quantitative estimate of drug-likeness (QED) is 0.0154. The average molecular weight is 1310 g/mol. The molecule has 14 amide bonds. The number of nitrogens with two attached hydrogens (primary N) is 7. The Morgan fingerprint density at radius 2 is 0.681 bits per heavy atom. The smallest absolute Gasteiger partial charge is 0.326 e. The van der Waals surface area contributed by atoms with Gasteiger partial charge < -0.3 is 98.4 Å². The maximum absolute atomic E-state index is 14.1. The molecule has 35 heteroatoms. The van der Waals surface area contributed by atoms with E-state index >= 15 is 0 Å². The van der Waals surface area contributed by atoms with Gasteiger partial charge in [-0.1, -0.05) is 55.4 Å². The Bertz CT molecular complexity index is 2550. The van der Waals surface area contributed by atoms with Gasteiger partial charge in [0, 0.05) is 19.4 Å². The molecule has 516 valence electrons. The Balaban J connectivity index is 6.78. The van der Waals surface area contributed by atoms with Crippen molar-refractivity contribution in [1.82, 2.24) is 53.2 Å². The molecule has 11 atom stereocenters. The third-order valence-electron chi connectivity index (χ3n) is 13.3. The summed E-state index contributed by atoms with van der Waals surface area (Å²) in [5, 5.41) is 34.3. The number of guanidine groups is 1. The summed E-state index contributed by atoms with van der Waals surface area (Å²) in [5.41, 5.74) is 38.5. The lowest BCUT2D eigenvalue weighted by Crippen LogP contribution is -2.61. The van der Waals surface area contributed by atoms with E-state index in [-0.39, 0.29) is 107 Å². The standard InChI is InChI=1S/C56H100N18O16S/c1-26(2)20-31(57)46(80)66-33(13-15-41(58)75)48(82)67-32(12-11-18-64-56(62)63)47(81)73-40(25-44(61)78)54(88)72-38(23-29(7)8)53(87)74-39(24-43(60)77)50(84)65-30(9)45(79)70-36(21-27(3)4)51(85)68-34(17-19-91-10)49(83)71-37(22-28(5)6)52(86)69-35(55(89)90)14-16-42(59)76/h26-40H,11-25,57H2,1-10H3,(H2,58,75)(H2,59,76)(H2,60,77)(H2,61,78)(H,65,84)(H,66,80)(H,67,82)(H,68,85)(H,69,86)(H,70,79)(H,71,83)(H,72,88)(H,73,81)(H,74,87)(H,89,90)(H4,62,63,64)/t30-,31-,32-,33-,34-,35-,36-,37-,38-,39-,40-/m0/s1. The second kappa shape index (κ2) is 42.6. The van der Waals surface area contributed by atoms with E-state index in [4.69, 9.17) is 40.1 Å². The van der Waals surface area contributed by atoms with Gasteiger partial charge in [-0.15, -0.1) is 0 Å². The highest BCUT2D eigenvalue weighted by Gasteiger charge is 2.37. The normalized spacial score (nSPS) is 14.8. The molecular weight excluding hydrogens is 1210 g/mol. The summed E-state index contributed by atoms with van der Waals surface area (Å²) >= 11 is 1.33. The number of carbonyl (C=O) groups is 15. The first kappa shape index (κ1) is 82.6. The zero-order valence-corrected chi connectivity index (χ0v) is 54.6. The molecule has 0 saturated carbocycles.